The molecule has 2 bridgehead atoms. The van der Waals surface area contributed by atoms with Gasteiger partial charge in [-0.1, -0.05) is 50.2 Å². The zero-order valence-corrected chi connectivity index (χ0v) is 31.4. The number of benzene rings is 3. The van der Waals surface area contributed by atoms with Gasteiger partial charge in [-0.2, -0.15) is 0 Å². The zero-order chi connectivity index (χ0) is 37.1. The van der Waals surface area contributed by atoms with Crippen molar-refractivity contribution in [3.8, 4) is 0 Å². The van der Waals surface area contributed by atoms with E-state index in [-0.39, 0.29) is 64.5 Å². The Hall–Kier alpha value is -4.70. The van der Waals surface area contributed by atoms with Gasteiger partial charge in [-0.05, 0) is 98.9 Å². The molecular formula is C43H52N6O4. The van der Waals surface area contributed by atoms with Crippen LogP contribution in [0.25, 0.3) is 0 Å². The van der Waals surface area contributed by atoms with Crippen LogP contribution in [-0.4, -0.2) is 60.2 Å². The molecule has 0 radical (unpaired) electrons. The summed E-state index contributed by atoms with van der Waals surface area (Å²) in [5, 5.41) is 10.5. The van der Waals surface area contributed by atoms with Gasteiger partial charge in [0.25, 0.3) is 0 Å². The number of carbonyl (C=O) groups excluding carboxylic acids is 4. The van der Waals surface area contributed by atoms with Gasteiger partial charge >= 0.3 is 0 Å². The van der Waals surface area contributed by atoms with Crippen LogP contribution in [0.4, 0.5) is 22.7 Å². The minimum atomic E-state index is -0.255. The Morgan fingerprint density at radius 1 is 0.698 bits per heavy atom. The van der Waals surface area contributed by atoms with Crippen molar-refractivity contribution in [2.45, 2.75) is 96.8 Å². The number of carbonyl (C=O) groups is 4. The predicted octanol–water partition coefficient (Wildman–Crippen LogP) is 6.81. The van der Waals surface area contributed by atoms with Gasteiger partial charge in [0.15, 0.2) is 0 Å². The highest BCUT2D eigenvalue weighted by Gasteiger charge is 2.72. The third-order valence-corrected chi connectivity index (χ3v) is 12.7. The molecule has 53 heavy (non-hydrogen) atoms. The molecule has 4 atom stereocenters. The summed E-state index contributed by atoms with van der Waals surface area (Å²) in [5.41, 5.74) is 5.86. The Morgan fingerprint density at radius 2 is 1.21 bits per heavy atom. The molecule has 0 unspecified atom stereocenters. The largest absolute Gasteiger partial charge is 0.378 e. The van der Waals surface area contributed by atoms with Crippen molar-refractivity contribution in [3.05, 3.63) is 83.9 Å². The number of amides is 4. The summed E-state index contributed by atoms with van der Waals surface area (Å²) >= 11 is 0. The first kappa shape index (κ1) is 35.3. The van der Waals surface area contributed by atoms with E-state index in [9.17, 15) is 19.2 Å². The van der Waals surface area contributed by atoms with Crippen LogP contribution in [0.1, 0.15) is 95.9 Å². The van der Waals surface area contributed by atoms with Crippen LogP contribution in [0.15, 0.2) is 72.8 Å². The molecule has 6 aliphatic rings. The molecule has 0 aromatic heterocycles. The average molecular weight is 717 g/mol. The van der Waals surface area contributed by atoms with E-state index in [1.807, 2.05) is 83.1 Å². The minimum Gasteiger partial charge on any atom is -0.378 e. The molecule has 4 amide bonds. The Bertz CT molecular complexity index is 1900. The Morgan fingerprint density at radius 3 is 1.77 bits per heavy atom. The highest BCUT2D eigenvalue weighted by atomic mass is 16.2. The van der Waals surface area contributed by atoms with Crippen LogP contribution in [0.3, 0.4) is 0 Å². The quantitative estimate of drug-likeness (QED) is 0.213. The number of likely N-dealkylation sites (tertiary alicyclic amines) is 1. The smallest absolute Gasteiger partial charge is 0.231 e. The number of anilines is 4. The molecule has 3 aliphatic carbocycles. The van der Waals surface area contributed by atoms with Crippen molar-refractivity contribution < 1.29 is 19.2 Å². The van der Waals surface area contributed by atoms with Crippen molar-refractivity contribution in [3.63, 3.8) is 0 Å². The molecule has 0 spiro atoms. The summed E-state index contributed by atoms with van der Waals surface area (Å²) in [6.07, 6.45) is 5.36. The second-order valence-corrected chi connectivity index (χ2v) is 16.4. The van der Waals surface area contributed by atoms with Gasteiger partial charge < -0.3 is 30.7 Å². The highest BCUT2D eigenvalue weighted by Crippen LogP contribution is 2.74. The van der Waals surface area contributed by atoms with Gasteiger partial charge in [0, 0.05) is 73.4 Å². The van der Waals surface area contributed by atoms with Crippen molar-refractivity contribution in [1.29, 1.82) is 0 Å². The molecule has 3 heterocycles. The molecule has 3 N–H and O–H groups in total. The second kappa shape index (κ2) is 13.6. The summed E-state index contributed by atoms with van der Waals surface area (Å²) in [7, 11) is 0. The first-order chi connectivity index (χ1) is 25.5. The maximum Gasteiger partial charge on any atom is 0.231 e. The van der Waals surface area contributed by atoms with E-state index in [1.165, 1.54) is 5.56 Å². The molecule has 278 valence electrons. The summed E-state index contributed by atoms with van der Waals surface area (Å²) in [6.45, 7) is 9.86. The zero-order valence-electron chi connectivity index (χ0n) is 31.4. The lowest BCUT2D eigenvalue weighted by Gasteiger charge is -2.71. The lowest BCUT2D eigenvalue weighted by molar-refractivity contribution is -0.219. The number of para-hydroxylation sites is 2. The van der Waals surface area contributed by atoms with Gasteiger partial charge in [0.1, 0.15) is 0 Å². The SMILES string of the molecule is CCC(=O)N1c2ccccc2[C@H](NCC23CC(C(=O)N4CC(C(=O)Nc5ccc(N[C@@H]6C[C@H](C)N(C(=O)CC)c7ccccc76)cc5)C4)(C2)C3)C[C@@H]1C. The first-order valence-electron chi connectivity index (χ1n) is 19.6. The summed E-state index contributed by atoms with van der Waals surface area (Å²) < 4.78 is 0. The van der Waals surface area contributed by atoms with Crippen molar-refractivity contribution >= 4 is 46.4 Å². The maximum atomic E-state index is 13.6. The van der Waals surface area contributed by atoms with E-state index in [0.717, 1.165) is 67.0 Å². The van der Waals surface area contributed by atoms with E-state index in [2.05, 4.69) is 48.0 Å². The molecule has 3 aromatic carbocycles. The van der Waals surface area contributed by atoms with Crippen molar-refractivity contribution in [1.82, 2.24) is 10.2 Å². The van der Waals surface area contributed by atoms with Gasteiger partial charge in [-0.3, -0.25) is 19.2 Å². The summed E-state index contributed by atoms with van der Waals surface area (Å²) in [6, 6.07) is 24.6. The van der Waals surface area contributed by atoms with Crippen molar-refractivity contribution in [2.75, 3.05) is 40.1 Å². The number of nitrogens with zero attached hydrogens (tertiary/aromatic N) is 3. The molecule has 1 saturated heterocycles. The molecule has 4 fully saturated rings. The number of fused-ring (bicyclic) bond motifs is 2. The predicted molar refractivity (Wildman–Crippen MR) is 208 cm³/mol. The molecule has 3 saturated carbocycles. The van der Waals surface area contributed by atoms with Crippen molar-refractivity contribution in [2.24, 2.45) is 16.7 Å². The molecular weight excluding hydrogens is 665 g/mol. The normalized spacial score (nSPS) is 28.4. The summed E-state index contributed by atoms with van der Waals surface area (Å²) in [4.78, 5) is 57.9. The third kappa shape index (κ3) is 6.18. The number of hydrogen-bond donors (Lipinski definition) is 3. The van der Waals surface area contributed by atoms with E-state index < -0.39 is 0 Å². The molecule has 10 nitrogen and oxygen atoms in total. The lowest BCUT2D eigenvalue weighted by atomic mass is 9.34. The Labute approximate surface area is 312 Å². The topological polar surface area (TPSA) is 114 Å². The standard InChI is InChI=1S/C43H52N6O4/c1-5-38(50)48-27(3)19-34(32-11-7-9-13-36(32)48)44-26-42-23-43(24-42,25-42)41(53)47-21-29(22-47)40(52)46-31-17-15-30(16-18-31)45-35-20-28(4)49(39(51)6-2)37-14-10-8-12-33(35)37/h7-18,27-29,34-35,44-45H,5-6,19-26H2,1-4H3,(H,46,52)/t27-,28-,34+,35+,42?,43?/m0/s1. The Kier molecular flexibility index (Phi) is 9.08. The van der Waals surface area contributed by atoms with E-state index in [4.69, 9.17) is 0 Å². The van der Waals surface area contributed by atoms with Gasteiger partial charge in [-0.25, -0.2) is 0 Å². The van der Waals surface area contributed by atoms with Crippen LogP contribution in [0.2, 0.25) is 0 Å². The fraction of sp³-hybridized carbons (Fsp3) is 0.488. The van der Waals surface area contributed by atoms with Crippen LogP contribution in [0, 0.1) is 16.7 Å². The van der Waals surface area contributed by atoms with Gasteiger partial charge in [0.2, 0.25) is 23.6 Å². The lowest BCUT2D eigenvalue weighted by Crippen LogP contribution is -2.72. The number of hydrogen-bond acceptors (Lipinski definition) is 6. The fourth-order valence-corrected chi connectivity index (χ4v) is 10.0. The molecule has 10 heteroatoms. The van der Waals surface area contributed by atoms with Crippen LogP contribution < -0.4 is 25.8 Å². The maximum absolute atomic E-state index is 13.6. The molecule has 3 aliphatic heterocycles. The number of rotatable bonds is 10. The second-order valence-electron chi connectivity index (χ2n) is 16.4. The molecule has 3 aromatic rings. The average Bonchev–Trinajstić information content (AvgIpc) is 3.10. The van der Waals surface area contributed by atoms with Crippen LogP contribution in [0.5, 0.6) is 0 Å². The fourth-order valence-electron chi connectivity index (χ4n) is 10.0. The van der Waals surface area contributed by atoms with E-state index in [0.29, 0.717) is 25.9 Å². The van der Waals surface area contributed by atoms with E-state index in [1.54, 1.807) is 0 Å². The Balaban J connectivity index is 0.797. The first-order valence-corrected chi connectivity index (χ1v) is 19.6. The molecule has 9 rings (SSSR count). The van der Waals surface area contributed by atoms with E-state index >= 15 is 0 Å². The third-order valence-electron chi connectivity index (χ3n) is 12.7. The van der Waals surface area contributed by atoms with Gasteiger partial charge in [-0.15, -0.1) is 0 Å². The van der Waals surface area contributed by atoms with Gasteiger partial charge in [0.05, 0.1) is 17.4 Å². The monoisotopic (exact) mass is 716 g/mol. The minimum absolute atomic E-state index is 0.0510. The van der Waals surface area contributed by atoms with Crippen LogP contribution in [-0.2, 0) is 19.2 Å². The summed E-state index contributed by atoms with van der Waals surface area (Å²) in [5.74, 6) is 0.250. The highest BCUT2D eigenvalue weighted by molar-refractivity contribution is 5.97. The van der Waals surface area contributed by atoms with Crippen LogP contribution >= 0.6 is 0 Å². The number of nitrogens with one attached hydrogen (secondary N) is 3.